The lowest BCUT2D eigenvalue weighted by Crippen LogP contribution is -2.29. The lowest BCUT2D eigenvalue weighted by Gasteiger charge is -2.21. The maximum atomic E-state index is 11.3. The van der Waals surface area contributed by atoms with Crippen molar-refractivity contribution < 1.29 is 4.79 Å². The van der Waals surface area contributed by atoms with Crippen LogP contribution in [0, 0.1) is 0 Å². The second-order valence-electron chi connectivity index (χ2n) is 3.91. The second kappa shape index (κ2) is 5.44. The summed E-state index contributed by atoms with van der Waals surface area (Å²) in [6, 6.07) is 1.90. The van der Waals surface area contributed by atoms with Crippen molar-refractivity contribution in [2.24, 2.45) is 0 Å². The van der Waals surface area contributed by atoms with E-state index < -0.39 is 0 Å². The van der Waals surface area contributed by atoms with Gasteiger partial charge in [0.15, 0.2) is 0 Å². The summed E-state index contributed by atoms with van der Waals surface area (Å²) >= 11 is 3.39. The Kier molecular flexibility index (Phi) is 3.93. The quantitative estimate of drug-likeness (QED) is 0.832. The normalized spacial score (nSPS) is 16.6. The number of carbonyl (C=O) groups is 1. The molecule has 17 heavy (non-hydrogen) atoms. The van der Waals surface area contributed by atoms with Crippen LogP contribution in [0.4, 0.5) is 5.82 Å². The molecule has 1 amide bonds. The van der Waals surface area contributed by atoms with Gasteiger partial charge in [0.2, 0.25) is 5.91 Å². The SMILES string of the molecule is CCc1nc(Br)cc(N2CCNC(=O)CC2)n1. The largest absolute Gasteiger partial charge is 0.354 e. The number of hydrogen-bond acceptors (Lipinski definition) is 4. The topological polar surface area (TPSA) is 58.1 Å². The van der Waals surface area contributed by atoms with Crippen LogP contribution in [0.5, 0.6) is 0 Å². The minimum absolute atomic E-state index is 0.108. The van der Waals surface area contributed by atoms with Crippen molar-refractivity contribution in [1.29, 1.82) is 0 Å². The molecule has 1 aromatic rings. The van der Waals surface area contributed by atoms with Crippen LogP contribution in [0.2, 0.25) is 0 Å². The molecule has 1 fully saturated rings. The van der Waals surface area contributed by atoms with Crippen molar-refractivity contribution in [3.05, 3.63) is 16.5 Å². The van der Waals surface area contributed by atoms with Crippen LogP contribution in [0.25, 0.3) is 0 Å². The van der Waals surface area contributed by atoms with Gasteiger partial charge < -0.3 is 10.2 Å². The summed E-state index contributed by atoms with van der Waals surface area (Å²) in [6.45, 7) is 4.19. The monoisotopic (exact) mass is 298 g/mol. The first-order valence-electron chi connectivity index (χ1n) is 5.74. The fraction of sp³-hybridized carbons (Fsp3) is 0.545. The van der Waals surface area contributed by atoms with Crippen molar-refractivity contribution in [3.63, 3.8) is 0 Å². The lowest BCUT2D eigenvalue weighted by molar-refractivity contribution is -0.120. The van der Waals surface area contributed by atoms with E-state index in [1.54, 1.807) is 0 Å². The Morgan fingerprint density at radius 2 is 2.29 bits per heavy atom. The molecule has 6 heteroatoms. The van der Waals surface area contributed by atoms with Gasteiger partial charge in [0.25, 0.3) is 0 Å². The van der Waals surface area contributed by atoms with Gasteiger partial charge in [-0.05, 0) is 15.9 Å². The molecule has 1 aliphatic rings. The van der Waals surface area contributed by atoms with Crippen molar-refractivity contribution in [3.8, 4) is 0 Å². The molecule has 2 heterocycles. The summed E-state index contributed by atoms with van der Waals surface area (Å²) < 4.78 is 0.794. The predicted octanol–water partition coefficient (Wildman–Crippen LogP) is 1.13. The van der Waals surface area contributed by atoms with Crippen LogP contribution in [-0.2, 0) is 11.2 Å². The van der Waals surface area contributed by atoms with Crippen LogP contribution < -0.4 is 10.2 Å². The van der Waals surface area contributed by atoms with E-state index in [0.29, 0.717) is 19.5 Å². The minimum atomic E-state index is 0.108. The summed E-state index contributed by atoms with van der Waals surface area (Å²) in [6.07, 6.45) is 1.32. The first kappa shape index (κ1) is 12.3. The van der Waals surface area contributed by atoms with Gasteiger partial charge in [-0.2, -0.15) is 0 Å². The Balaban J connectivity index is 2.20. The molecule has 5 nitrogen and oxygen atoms in total. The van der Waals surface area contributed by atoms with E-state index in [1.165, 1.54) is 0 Å². The highest BCUT2D eigenvalue weighted by Gasteiger charge is 2.15. The number of aromatic nitrogens is 2. The van der Waals surface area contributed by atoms with E-state index in [4.69, 9.17) is 0 Å². The fourth-order valence-electron chi connectivity index (χ4n) is 1.77. The minimum Gasteiger partial charge on any atom is -0.354 e. The zero-order chi connectivity index (χ0) is 12.3. The number of nitrogens with one attached hydrogen (secondary N) is 1. The Bertz CT molecular complexity index is 424. The Labute approximate surface area is 109 Å². The molecule has 0 atom stereocenters. The molecule has 0 unspecified atom stereocenters. The van der Waals surface area contributed by atoms with E-state index in [1.807, 2.05) is 13.0 Å². The highest BCUT2D eigenvalue weighted by molar-refractivity contribution is 9.10. The highest BCUT2D eigenvalue weighted by atomic mass is 79.9. The van der Waals surface area contributed by atoms with Crippen molar-refractivity contribution in [1.82, 2.24) is 15.3 Å². The first-order chi connectivity index (χ1) is 8.19. The summed E-state index contributed by atoms with van der Waals surface area (Å²) in [4.78, 5) is 22.2. The third-order valence-corrected chi connectivity index (χ3v) is 3.09. The molecule has 92 valence electrons. The van der Waals surface area contributed by atoms with E-state index in [9.17, 15) is 4.79 Å². The molecule has 0 aliphatic carbocycles. The number of aryl methyl sites for hydroxylation is 1. The fourth-order valence-corrected chi connectivity index (χ4v) is 2.18. The molecule has 0 saturated carbocycles. The zero-order valence-corrected chi connectivity index (χ0v) is 11.3. The molecule has 0 aromatic carbocycles. The molecule has 1 aliphatic heterocycles. The Morgan fingerprint density at radius 1 is 1.47 bits per heavy atom. The van der Waals surface area contributed by atoms with Crippen LogP contribution in [-0.4, -0.2) is 35.5 Å². The van der Waals surface area contributed by atoms with E-state index >= 15 is 0 Å². The number of nitrogens with zero attached hydrogens (tertiary/aromatic N) is 3. The van der Waals surface area contributed by atoms with Crippen LogP contribution >= 0.6 is 15.9 Å². The average molecular weight is 299 g/mol. The molecule has 0 bridgehead atoms. The number of hydrogen-bond donors (Lipinski definition) is 1. The maximum Gasteiger partial charge on any atom is 0.221 e. The lowest BCUT2D eigenvalue weighted by atomic mass is 10.3. The summed E-state index contributed by atoms with van der Waals surface area (Å²) in [7, 11) is 0. The second-order valence-corrected chi connectivity index (χ2v) is 4.72. The van der Waals surface area contributed by atoms with Gasteiger partial charge in [-0.3, -0.25) is 4.79 Å². The molecule has 0 spiro atoms. The predicted molar refractivity (Wildman–Crippen MR) is 68.9 cm³/mol. The summed E-state index contributed by atoms with van der Waals surface area (Å²) in [5, 5.41) is 2.85. The Hall–Kier alpha value is -1.17. The van der Waals surface area contributed by atoms with Crippen molar-refractivity contribution in [2.75, 3.05) is 24.5 Å². The molecular formula is C11H15BrN4O. The third-order valence-electron chi connectivity index (χ3n) is 2.68. The van der Waals surface area contributed by atoms with Gasteiger partial charge in [0.05, 0.1) is 0 Å². The van der Waals surface area contributed by atoms with Gasteiger partial charge in [-0.25, -0.2) is 9.97 Å². The smallest absolute Gasteiger partial charge is 0.221 e. The van der Waals surface area contributed by atoms with Gasteiger partial charge in [0, 0.05) is 38.5 Å². The number of amides is 1. The van der Waals surface area contributed by atoms with Crippen molar-refractivity contribution in [2.45, 2.75) is 19.8 Å². The number of halogens is 1. The molecule has 1 aromatic heterocycles. The number of rotatable bonds is 2. The summed E-state index contributed by atoms with van der Waals surface area (Å²) in [5.74, 6) is 1.81. The maximum absolute atomic E-state index is 11.3. The van der Waals surface area contributed by atoms with Crippen LogP contribution in [0.1, 0.15) is 19.2 Å². The van der Waals surface area contributed by atoms with Gasteiger partial charge in [0.1, 0.15) is 16.2 Å². The van der Waals surface area contributed by atoms with E-state index in [-0.39, 0.29) is 5.91 Å². The Morgan fingerprint density at radius 3 is 3.06 bits per heavy atom. The third kappa shape index (κ3) is 3.15. The molecule has 1 saturated heterocycles. The zero-order valence-electron chi connectivity index (χ0n) is 9.74. The van der Waals surface area contributed by atoms with E-state index in [2.05, 4.69) is 36.1 Å². The average Bonchev–Trinajstić information content (AvgIpc) is 2.53. The van der Waals surface area contributed by atoms with Crippen LogP contribution in [0.3, 0.4) is 0 Å². The number of carbonyl (C=O) groups excluding carboxylic acids is 1. The first-order valence-corrected chi connectivity index (χ1v) is 6.53. The molecule has 2 rings (SSSR count). The molecular weight excluding hydrogens is 284 g/mol. The standard InChI is InChI=1S/C11H15BrN4O/c1-2-9-14-8(12)7-10(15-9)16-5-3-11(17)13-4-6-16/h7H,2-6H2,1H3,(H,13,17). The van der Waals surface area contributed by atoms with Gasteiger partial charge in [-0.15, -0.1) is 0 Å². The van der Waals surface area contributed by atoms with Crippen molar-refractivity contribution >= 4 is 27.7 Å². The summed E-state index contributed by atoms with van der Waals surface area (Å²) in [5.41, 5.74) is 0. The number of anilines is 1. The van der Waals surface area contributed by atoms with Gasteiger partial charge >= 0.3 is 0 Å². The highest BCUT2D eigenvalue weighted by Crippen LogP contribution is 2.17. The van der Waals surface area contributed by atoms with E-state index in [0.717, 1.165) is 29.2 Å². The molecule has 1 N–H and O–H groups in total. The molecule has 0 radical (unpaired) electrons. The van der Waals surface area contributed by atoms with Gasteiger partial charge in [-0.1, -0.05) is 6.92 Å². The van der Waals surface area contributed by atoms with Crippen LogP contribution in [0.15, 0.2) is 10.7 Å².